The minimum absolute atomic E-state index is 0.0593. The SMILES string of the molecule is COc1cc(C=CC2=NNC(=O)CC2C)ccc1O. The maximum Gasteiger partial charge on any atom is 0.240 e. The number of rotatable bonds is 3. The van der Waals surface area contributed by atoms with Gasteiger partial charge < -0.3 is 9.84 Å². The van der Waals surface area contributed by atoms with Crippen molar-refractivity contribution in [1.29, 1.82) is 0 Å². The molecule has 0 aromatic heterocycles. The molecule has 2 rings (SSSR count). The second-order valence-electron chi connectivity index (χ2n) is 4.44. The van der Waals surface area contributed by atoms with E-state index in [4.69, 9.17) is 4.74 Å². The maximum atomic E-state index is 11.1. The molecule has 100 valence electrons. The van der Waals surface area contributed by atoms with Crippen LogP contribution in [0.1, 0.15) is 18.9 Å². The number of methoxy groups -OCH3 is 1. The van der Waals surface area contributed by atoms with Gasteiger partial charge in [-0.05, 0) is 23.8 Å². The van der Waals surface area contributed by atoms with Gasteiger partial charge in [-0.1, -0.05) is 19.1 Å². The lowest BCUT2D eigenvalue weighted by atomic mass is 9.99. The topological polar surface area (TPSA) is 70.9 Å². The van der Waals surface area contributed by atoms with Crippen molar-refractivity contribution in [3.8, 4) is 11.5 Å². The first-order valence-electron chi connectivity index (χ1n) is 6.01. The van der Waals surface area contributed by atoms with Crippen LogP contribution in [0.25, 0.3) is 6.08 Å². The first-order valence-corrected chi connectivity index (χ1v) is 6.01. The van der Waals surface area contributed by atoms with E-state index < -0.39 is 0 Å². The molecule has 1 atom stereocenters. The summed E-state index contributed by atoms with van der Waals surface area (Å²) < 4.78 is 5.04. The number of allylic oxidation sites excluding steroid dienone is 1. The van der Waals surface area contributed by atoms with Gasteiger partial charge in [0.05, 0.1) is 12.8 Å². The van der Waals surface area contributed by atoms with E-state index >= 15 is 0 Å². The second kappa shape index (κ2) is 5.56. The normalized spacial score (nSPS) is 19.2. The molecule has 1 aromatic carbocycles. The lowest BCUT2D eigenvalue weighted by molar-refractivity contribution is -0.121. The summed E-state index contributed by atoms with van der Waals surface area (Å²) in [7, 11) is 1.51. The van der Waals surface area contributed by atoms with Crippen LogP contribution in [-0.2, 0) is 4.79 Å². The zero-order valence-corrected chi connectivity index (χ0v) is 10.9. The number of aromatic hydroxyl groups is 1. The number of phenolic OH excluding ortho intramolecular Hbond substituents is 1. The Kier molecular flexibility index (Phi) is 3.85. The number of benzene rings is 1. The van der Waals surface area contributed by atoms with E-state index in [2.05, 4.69) is 10.5 Å². The molecule has 19 heavy (non-hydrogen) atoms. The summed E-state index contributed by atoms with van der Waals surface area (Å²) in [5.41, 5.74) is 4.18. The number of nitrogens with zero attached hydrogens (tertiary/aromatic N) is 1. The van der Waals surface area contributed by atoms with Gasteiger partial charge in [0.25, 0.3) is 0 Å². The number of amides is 1. The van der Waals surface area contributed by atoms with Crippen molar-refractivity contribution in [2.24, 2.45) is 11.0 Å². The average molecular weight is 260 g/mol. The summed E-state index contributed by atoms with van der Waals surface area (Å²) in [4.78, 5) is 11.1. The molecule has 2 N–H and O–H groups in total. The third-order valence-corrected chi connectivity index (χ3v) is 2.96. The number of hydrazone groups is 1. The first kappa shape index (κ1) is 13.1. The quantitative estimate of drug-likeness (QED) is 0.872. The Bertz CT molecular complexity index is 550. The van der Waals surface area contributed by atoms with Crippen molar-refractivity contribution in [3.63, 3.8) is 0 Å². The lowest BCUT2D eigenvalue weighted by Gasteiger charge is -2.16. The third-order valence-electron chi connectivity index (χ3n) is 2.96. The van der Waals surface area contributed by atoms with Gasteiger partial charge in [0.1, 0.15) is 0 Å². The van der Waals surface area contributed by atoms with Gasteiger partial charge in [0, 0.05) is 12.3 Å². The molecule has 5 nitrogen and oxygen atoms in total. The van der Waals surface area contributed by atoms with Crippen LogP contribution in [-0.4, -0.2) is 23.8 Å². The summed E-state index contributed by atoms with van der Waals surface area (Å²) >= 11 is 0. The Balaban J connectivity index is 2.17. The fourth-order valence-electron chi connectivity index (χ4n) is 1.85. The van der Waals surface area contributed by atoms with E-state index in [1.165, 1.54) is 7.11 Å². The third kappa shape index (κ3) is 3.13. The van der Waals surface area contributed by atoms with Crippen LogP contribution >= 0.6 is 0 Å². The summed E-state index contributed by atoms with van der Waals surface area (Å²) in [5, 5.41) is 13.5. The van der Waals surface area contributed by atoms with Crippen molar-refractivity contribution in [2.75, 3.05) is 7.11 Å². The number of ether oxygens (including phenoxy) is 1. The Hall–Kier alpha value is -2.30. The zero-order valence-electron chi connectivity index (χ0n) is 10.9. The van der Waals surface area contributed by atoms with E-state index in [0.29, 0.717) is 12.2 Å². The number of carbonyl (C=O) groups excluding carboxylic acids is 1. The number of carbonyl (C=O) groups is 1. The van der Waals surface area contributed by atoms with E-state index in [0.717, 1.165) is 11.3 Å². The average Bonchev–Trinajstić information content (AvgIpc) is 2.39. The van der Waals surface area contributed by atoms with E-state index in [-0.39, 0.29) is 17.6 Å². The largest absolute Gasteiger partial charge is 0.504 e. The van der Waals surface area contributed by atoms with Crippen LogP contribution in [0, 0.1) is 5.92 Å². The summed E-state index contributed by atoms with van der Waals surface area (Å²) in [5.74, 6) is 0.573. The van der Waals surface area contributed by atoms with Gasteiger partial charge in [-0.3, -0.25) is 4.79 Å². The highest BCUT2D eigenvalue weighted by Crippen LogP contribution is 2.26. The molecular weight excluding hydrogens is 244 g/mol. The monoisotopic (exact) mass is 260 g/mol. The minimum atomic E-state index is -0.0593. The molecule has 5 heteroatoms. The Morgan fingerprint density at radius 1 is 1.47 bits per heavy atom. The Morgan fingerprint density at radius 2 is 2.26 bits per heavy atom. The van der Waals surface area contributed by atoms with E-state index in [1.54, 1.807) is 18.2 Å². The predicted octanol–water partition coefficient (Wildman–Crippen LogP) is 1.93. The van der Waals surface area contributed by atoms with Crippen LogP contribution in [0.3, 0.4) is 0 Å². The van der Waals surface area contributed by atoms with Crippen molar-refractivity contribution < 1.29 is 14.6 Å². The molecule has 1 unspecified atom stereocenters. The minimum Gasteiger partial charge on any atom is -0.504 e. The first-order chi connectivity index (χ1) is 9.10. The predicted molar refractivity (Wildman–Crippen MR) is 73.1 cm³/mol. The molecule has 0 spiro atoms. The Labute approximate surface area is 111 Å². The molecule has 1 aliphatic rings. The molecule has 0 radical (unpaired) electrons. The molecule has 0 fully saturated rings. The number of phenols is 1. The molecule has 1 aromatic rings. The Morgan fingerprint density at radius 3 is 2.95 bits per heavy atom. The summed E-state index contributed by atoms with van der Waals surface area (Å²) in [6.45, 7) is 1.96. The van der Waals surface area contributed by atoms with Crippen LogP contribution in [0.15, 0.2) is 29.4 Å². The van der Waals surface area contributed by atoms with Crippen molar-refractivity contribution >= 4 is 17.7 Å². The van der Waals surface area contributed by atoms with Gasteiger partial charge in [-0.15, -0.1) is 0 Å². The van der Waals surface area contributed by atoms with Crippen LogP contribution in [0.2, 0.25) is 0 Å². The van der Waals surface area contributed by atoms with Crippen molar-refractivity contribution in [2.45, 2.75) is 13.3 Å². The fraction of sp³-hybridized carbons (Fsp3) is 0.286. The number of nitrogens with one attached hydrogen (secondary N) is 1. The molecule has 0 saturated carbocycles. The zero-order chi connectivity index (χ0) is 13.8. The molecule has 0 bridgehead atoms. The highest BCUT2D eigenvalue weighted by molar-refractivity contribution is 6.03. The van der Waals surface area contributed by atoms with Gasteiger partial charge >= 0.3 is 0 Å². The number of hydrogen-bond donors (Lipinski definition) is 2. The second-order valence-corrected chi connectivity index (χ2v) is 4.44. The summed E-state index contributed by atoms with van der Waals surface area (Å²) in [6, 6.07) is 5.09. The van der Waals surface area contributed by atoms with Crippen molar-refractivity contribution in [3.05, 3.63) is 29.8 Å². The van der Waals surface area contributed by atoms with E-state index in [1.807, 2.05) is 19.1 Å². The smallest absolute Gasteiger partial charge is 0.240 e. The highest BCUT2D eigenvalue weighted by atomic mass is 16.5. The van der Waals surface area contributed by atoms with Crippen LogP contribution in [0.4, 0.5) is 0 Å². The fourth-order valence-corrected chi connectivity index (χ4v) is 1.85. The highest BCUT2D eigenvalue weighted by Gasteiger charge is 2.17. The number of hydrogen-bond acceptors (Lipinski definition) is 4. The standard InChI is InChI=1S/C14H16N2O3/c1-9-7-14(18)16-15-11(9)5-3-10-4-6-12(17)13(8-10)19-2/h3-6,8-9,17H,7H2,1-2H3,(H,16,18). The maximum absolute atomic E-state index is 11.1. The van der Waals surface area contributed by atoms with Crippen LogP contribution < -0.4 is 10.2 Å². The molecule has 1 heterocycles. The van der Waals surface area contributed by atoms with Crippen molar-refractivity contribution in [1.82, 2.24) is 5.43 Å². The lowest BCUT2D eigenvalue weighted by Crippen LogP contribution is -2.30. The molecule has 0 saturated heterocycles. The van der Waals surface area contributed by atoms with Crippen LogP contribution in [0.5, 0.6) is 11.5 Å². The van der Waals surface area contributed by atoms with Gasteiger partial charge in [-0.2, -0.15) is 5.10 Å². The summed E-state index contributed by atoms with van der Waals surface area (Å²) in [6.07, 6.45) is 4.17. The van der Waals surface area contributed by atoms with Gasteiger partial charge in [0.15, 0.2) is 11.5 Å². The van der Waals surface area contributed by atoms with Gasteiger partial charge in [0.2, 0.25) is 5.91 Å². The molecular formula is C14H16N2O3. The van der Waals surface area contributed by atoms with E-state index in [9.17, 15) is 9.90 Å². The molecule has 1 aliphatic heterocycles. The molecule has 1 amide bonds. The molecule has 0 aliphatic carbocycles. The van der Waals surface area contributed by atoms with Gasteiger partial charge in [-0.25, -0.2) is 5.43 Å².